The third-order valence-electron chi connectivity index (χ3n) is 13.0. The Labute approximate surface area is 298 Å². The SMILES string of the molecule is COC(=O)C[C@H]1CCC[C@@H]1[C@](CN1CCC(C)(O)CC1)(c1cccc(F)c1)C1CCN(CC2CN(c3ccc(S(=O)(=O)C4CC4)cc3)C2)CC1. The molecule has 0 unspecified atom stereocenters. The summed E-state index contributed by atoms with van der Waals surface area (Å²) in [5, 5.41) is 10.6. The highest BCUT2D eigenvalue weighted by molar-refractivity contribution is 7.92. The van der Waals surface area contributed by atoms with Crippen LogP contribution in [0.4, 0.5) is 10.1 Å². The van der Waals surface area contributed by atoms with Gasteiger partial charge >= 0.3 is 5.97 Å². The molecule has 10 heteroatoms. The van der Waals surface area contributed by atoms with Gasteiger partial charge in [0.25, 0.3) is 0 Å². The van der Waals surface area contributed by atoms with Crippen molar-refractivity contribution in [3.8, 4) is 0 Å². The number of esters is 1. The molecule has 3 atom stereocenters. The van der Waals surface area contributed by atoms with Gasteiger partial charge in [0.2, 0.25) is 0 Å². The van der Waals surface area contributed by atoms with Crippen molar-refractivity contribution in [2.75, 3.05) is 64.4 Å². The molecule has 7 rings (SSSR count). The minimum absolute atomic E-state index is 0.160. The summed E-state index contributed by atoms with van der Waals surface area (Å²) < 4.78 is 45.6. The topological polar surface area (TPSA) is 90.4 Å². The average molecular weight is 710 g/mol. The number of piperidine rings is 2. The first-order chi connectivity index (χ1) is 24.0. The molecule has 3 aliphatic heterocycles. The number of likely N-dealkylation sites (tertiary alicyclic amines) is 2. The quantitative estimate of drug-likeness (QED) is 0.282. The van der Waals surface area contributed by atoms with Crippen LogP contribution in [-0.4, -0.2) is 99.6 Å². The Kier molecular flexibility index (Phi) is 10.4. The Balaban J connectivity index is 1.06. The number of sulfone groups is 1. The number of nitrogens with zero attached hydrogens (tertiary/aromatic N) is 3. The van der Waals surface area contributed by atoms with Gasteiger partial charge in [0, 0.05) is 62.7 Å². The molecule has 8 nitrogen and oxygen atoms in total. The number of halogens is 1. The molecule has 1 N–H and O–H groups in total. The molecule has 5 fully saturated rings. The molecule has 0 spiro atoms. The van der Waals surface area contributed by atoms with E-state index in [1.54, 1.807) is 24.3 Å². The molecule has 0 amide bonds. The number of carbonyl (C=O) groups excluding carboxylic acids is 1. The van der Waals surface area contributed by atoms with E-state index < -0.39 is 15.4 Å². The first kappa shape index (κ1) is 35.9. The maximum Gasteiger partial charge on any atom is 0.305 e. The Hall–Kier alpha value is -2.53. The van der Waals surface area contributed by atoms with E-state index in [0.717, 1.165) is 121 Å². The predicted molar refractivity (Wildman–Crippen MR) is 193 cm³/mol. The van der Waals surface area contributed by atoms with E-state index in [1.165, 1.54) is 7.11 Å². The molecule has 2 aromatic carbocycles. The van der Waals surface area contributed by atoms with Gasteiger partial charge in [-0.1, -0.05) is 18.6 Å². The van der Waals surface area contributed by atoms with Crippen LogP contribution in [0, 0.1) is 29.5 Å². The smallest absolute Gasteiger partial charge is 0.305 e. The third kappa shape index (κ3) is 7.50. The van der Waals surface area contributed by atoms with E-state index in [-0.39, 0.29) is 34.3 Å². The summed E-state index contributed by atoms with van der Waals surface area (Å²) >= 11 is 0. The number of carbonyl (C=O) groups is 1. The maximum atomic E-state index is 15.1. The number of hydrogen-bond donors (Lipinski definition) is 1. The lowest BCUT2D eigenvalue weighted by Gasteiger charge is -2.54. The summed E-state index contributed by atoms with van der Waals surface area (Å²) in [6.45, 7) is 9.35. The van der Waals surface area contributed by atoms with E-state index in [1.807, 2.05) is 25.1 Å². The maximum absolute atomic E-state index is 15.1. The van der Waals surface area contributed by atoms with Crippen molar-refractivity contribution in [3.05, 3.63) is 59.9 Å². The second-order valence-electron chi connectivity index (χ2n) is 16.5. The van der Waals surface area contributed by atoms with Gasteiger partial charge in [-0.3, -0.25) is 4.79 Å². The molecule has 2 aliphatic carbocycles. The van der Waals surface area contributed by atoms with Crippen molar-refractivity contribution >= 4 is 21.5 Å². The molecule has 5 aliphatic rings. The summed E-state index contributed by atoms with van der Waals surface area (Å²) in [6.07, 6.45) is 8.54. The lowest BCUT2D eigenvalue weighted by molar-refractivity contribution is -0.142. The van der Waals surface area contributed by atoms with Gasteiger partial charge in [0.05, 0.1) is 22.9 Å². The van der Waals surface area contributed by atoms with Crippen molar-refractivity contribution < 1.29 is 27.4 Å². The second kappa shape index (κ2) is 14.5. The number of benzene rings is 2. The van der Waals surface area contributed by atoms with Crippen molar-refractivity contribution in [1.29, 1.82) is 0 Å². The molecule has 50 heavy (non-hydrogen) atoms. The van der Waals surface area contributed by atoms with Gasteiger partial charge < -0.3 is 24.5 Å². The summed E-state index contributed by atoms with van der Waals surface area (Å²) in [4.78, 5) is 20.6. The molecule has 3 saturated heterocycles. The first-order valence-corrected chi connectivity index (χ1v) is 20.6. The zero-order valence-corrected chi connectivity index (χ0v) is 30.8. The molecule has 2 saturated carbocycles. The highest BCUT2D eigenvalue weighted by Gasteiger charge is 2.53. The van der Waals surface area contributed by atoms with Crippen LogP contribution >= 0.6 is 0 Å². The van der Waals surface area contributed by atoms with Crippen LogP contribution in [0.5, 0.6) is 0 Å². The minimum atomic E-state index is -3.17. The molecule has 0 bridgehead atoms. The van der Waals surface area contributed by atoms with Crippen LogP contribution in [0.25, 0.3) is 0 Å². The van der Waals surface area contributed by atoms with Crippen molar-refractivity contribution in [2.45, 2.75) is 92.3 Å². The van der Waals surface area contributed by atoms with Crippen molar-refractivity contribution in [2.24, 2.45) is 23.7 Å². The van der Waals surface area contributed by atoms with Crippen molar-refractivity contribution in [1.82, 2.24) is 9.80 Å². The van der Waals surface area contributed by atoms with Gasteiger partial charge in [0.15, 0.2) is 9.84 Å². The van der Waals surface area contributed by atoms with Gasteiger partial charge in [0.1, 0.15) is 5.82 Å². The number of ether oxygens (including phenoxy) is 1. The molecule has 0 aromatic heterocycles. The van der Waals surface area contributed by atoms with Crippen LogP contribution in [0.2, 0.25) is 0 Å². The largest absolute Gasteiger partial charge is 0.469 e. The van der Waals surface area contributed by atoms with E-state index >= 15 is 4.39 Å². The van der Waals surface area contributed by atoms with Gasteiger partial charge in [-0.15, -0.1) is 0 Å². The van der Waals surface area contributed by atoms with E-state index in [9.17, 15) is 18.3 Å². The fourth-order valence-corrected chi connectivity index (χ4v) is 11.7. The average Bonchev–Trinajstić information content (AvgIpc) is 3.86. The lowest BCUT2D eigenvalue weighted by Crippen LogP contribution is -2.57. The first-order valence-electron chi connectivity index (χ1n) is 19.1. The Bertz CT molecular complexity index is 1590. The predicted octanol–water partition coefficient (Wildman–Crippen LogP) is 5.67. The number of hydrogen-bond acceptors (Lipinski definition) is 8. The van der Waals surface area contributed by atoms with Crippen LogP contribution in [0.1, 0.15) is 76.7 Å². The molecular weight excluding hydrogens is 654 g/mol. The summed E-state index contributed by atoms with van der Waals surface area (Å²) in [7, 11) is -1.69. The molecule has 274 valence electrons. The molecule has 3 heterocycles. The fourth-order valence-electron chi connectivity index (χ4n) is 10.00. The normalized spacial score (nSPS) is 26.8. The number of methoxy groups -OCH3 is 1. The van der Waals surface area contributed by atoms with Crippen LogP contribution in [0.3, 0.4) is 0 Å². The van der Waals surface area contributed by atoms with Crippen molar-refractivity contribution in [3.63, 3.8) is 0 Å². The second-order valence-corrected chi connectivity index (χ2v) is 18.7. The Morgan fingerprint density at radius 3 is 2.30 bits per heavy atom. The summed E-state index contributed by atoms with van der Waals surface area (Å²) in [6, 6.07) is 14.8. The highest BCUT2D eigenvalue weighted by Crippen LogP contribution is 2.54. The van der Waals surface area contributed by atoms with Gasteiger partial charge in [-0.25, -0.2) is 12.8 Å². The summed E-state index contributed by atoms with van der Waals surface area (Å²) in [5.74, 6) is 0.979. The van der Waals surface area contributed by atoms with Crippen LogP contribution in [-0.2, 0) is 24.8 Å². The van der Waals surface area contributed by atoms with E-state index in [2.05, 4.69) is 20.8 Å². The van der Waals surface area contributed by atoms with Gasteiger partial charge in [-0.2, -0.15) is 0 Å². The Morgan fingerprint density at radius 1 is 0.960 bits per heavy atom. The summed E-state index contributed by atoms with van der Waals surface area (Å²) in [5.41, 5.74) is 1.20. The molecular formula is C40H56FN3O5S. The highest BCUT2D eigenvalue weighted by atomic mass is 32.2. The monoisotopic (exact) mass is 709 g/mol. The van der Waals surface area contributed by atoms with Crippen LogP contribution in [0.15, 0.2) is 53.4 Å². The van der Waals surface area contributed by atoms with E-state index in [0.29, 0.717) is 23.2 Å². The third-order valence-corrected chi connectivity index (χ3v) is 15.3. The molecule has 2 aromatic rings. The number of aliphatic hydroxyl groups is 1. The van der Waals surface area contributed by atoms with E-state index in [4.69, 9.17) is 4.74 Å². The zero-order chi connectivity index (χ0) is 35.1. The lowest BCUT2D eigenvalue weighted by atomic mass is 9.56. The molecule has 0 radical (unpaired) electrons. The zero-order valence-electron chi connectivity index (χ0n) is 29.9. The fraction of sp³-hybridized carbons (Fsp3) is 0.675. The standard InChI is InChI=1S/C40H56FN3O5S/c1-39(46)17-21-43(22-18-39)28-40(32-6-4-7-33(41)24-32,37-8-3-5-30(37)23-38(45)49-2)31-15-19-42(20-16-31)25-29-26-44(27-29)34-9-11-35(12-10-34)50(47,48)36-13-14-36/h4,6-7,9-12,24,29-31,36-37,46H,3,5,8,13-23,25-28H2,1-2H3/t30-,37+,40+/m1/s1. The van der Waals surface area contributed by atoms with Crippen LogP contribution < -0.4 is 4.90 Å². The number of rotatable bonds is 12. The number of anilines is 1. The Morgan fingerprint density at radius 2 is 1.66 bits per heavy atom. The minimum Gasteiger partial charge on any atom is -0.469 e. The van der Waals surface area contributed by atoms with Gasteiger partial charge in [-0.05, 0) is 131 Å².